The highest BCUT2D eigenvalue weighted by atomic mass is 16.2. The first-order chi connectivity index (χ1) is 12.6. The summed E-state index contributed by atoms with van der Waals surface area (Å²) in [7, 11) is 0. The van der Waals surface area contributed by atoms with Crippen LogP contribution in [-0.2, 0) is 19.5 Å². The van der Waals surface area contributed by atoms with Crippen molar-refractivity contribution in [2.24, 2.45) is 0 Å². The Bertz CT molecular complexity index is 834. The molecule has 2 aromatic rings. The fraction of sp³-hybridized carbons (Fsp3) is 0.450. The van der Waals surface area contributed by atoms with Gasteiger partial charge in [0, 0.05) is 19.1 Å². The van der Waals surface area contributed by atoms with Gasteiger partial charge >= 0.3 is 0 Å². The van der Waals surface area contributed by atoms with Crippen molar-refractivity contribution in [3.05, 3.63) is 52.6 Å². The molecule has 1 aromatic carbocycles. The second-order valence-electron chi connectivity index (χ2n) is 7.26. The molecule has 1 aromatic heterocycles. The molecule has 0 unspecified atom stereocenters. The highest BCUT2D eigenvalue weighted by Gasteiger charge is 2.30. The standard InChI is InChI=1S/C20H24N4O2/c1-13-5-7-14(8-6-13)12-21-20(26)18-23-17(19(25)22-15-9-10-15)16-4-2-3-11-24(16)18/h5-8,15H,2-4,9-12H2,1H3,(H,21,26)(H,22,25). The molecule has 1 aliphatic carbocycles. The number of aromatic nitrogens is 2. The minimum Gasteiger partial charge on any atom is -0.348 e. The van der Waals surface area contributed by atoms with Crippen LogP contribution in [0.1, 0.15) is 63.6 Å². The highest BCUT2D eigenvalue weighted by Crippen LogP contribution is 2.23. The number of carbonyl (C=O) groups is 2. The first-order valence-corrected chi connectivity index (χ1v) is 9.36. The number of carbonyl (C=O) groups excluding carboxylic acids is 2. The molecule has 1 aliphatic heterocycles. The van der Waals surface area contributed by atoms with Crippen molar-refractivity contribution in [1.29, 1.82) is 0 Å². The van der Waals surface area contributed by atoms with Gasteiger partial charge in [0.05, 0.1) is 5.69 Å². The number of imidazole rings is 1. The topological polar surface area (TPSA) is 76.0 Å². The molecule has 2 aliphatic rings. The zero-order valence-corrected chi connectivity index (χ0v) is 15.0. The second kappa shape index (κ2) is 6.94. The SMILES string of the molecule is Cc1ccc(CNC(=O)c2nc(C(=O)NC3CC3)c3n2CCCC3)cc1. The van der Waals surface area contributed by atoms with E-state index >= 15 is 0 Å². The Morgan fingerprint density at radius 2 is 1.92 bits per heavy atom. The van der Waals surface area contributed by atoms with Crippen LogP contribution in [0.25, 0.3) is 0 Å². The predicted molar refractivity (Wildman–Crippen MR) is 98.0 cm³/mol. The van der Waals surface area contributed by atoms with E-state index in [2.05, 4.69) is 15.6 Å². The normalized spacial score (nSPS) is 16.0. The maximum Gasteiger partial charge on any atom is 0.287 e. The molecule has 2 N–H and O–H groups in total. The van der Waals surface area contributed by atoms with Gasteiger partial charge in [0.15, 0.2) is 5.82 Å². The van der Waals surface area contributed by atoms with Crippen LogP contribution in [-0.4, -0.2) is 27.4 Å². The third kappa shape index (κ3) is 3.49. The molecule has 6 heteroatoms. The summed E-state index contributed by atoms with van der Waals surface area (Å²) < 4.78 is 1.93. The van der Waals surface area contributed by atoms with Gasteiger partial charge in [-0.25, -0.2) is 4.98 Å². The van der Waals surface area contributed by atoms with Crippen LogP contribution < -0.4 is 10.6 Å². The Balaban J connectivity index is 1.52. The van der Waals surface area contributed by atoms with Gasteiger partial charge in [-0.05, 0) is 44.6 Å². The molecule has 136 valence electrons. The van der Waals surface area contributed by atoms with Crippen molar-refractivity contribution in [1.82, 2.24) is 20.2 Å². The van der Waals surface area contributed by atoms with Crippen molar-refractivity contribution in [2.75, 3.05) is 0 Å². The Hall–Kier alpha value is -2.63. The maximum atomic E-state index is 12.7. The quantitative estimate of drug-likeness (QED) is 0.867. The minimum atomic E-state index is -0.223. The fourth-order valence-electron chi connectivity index (χ4n) is 3.35. The van der Waals surface area contributed by atoms with Gasteiger partial charge in [0.25, 0.3) is 11.8 Å². The van der Waals surface area contributed by atoms with Crippen LogP contribution in [0.3, 0.4) is 0 Å². The van der Waals surface area contributed by atoms with E-state index in [0.717, 1.165) is 49.9 Å². The van der Waals surface area contributed by atoms with Crippen LogP contribution in [0.15, 0.2) is 24.3 Å². The monoisotopic (exact) mass is 352 g/mol. The number of nitrogens with one attached hydrogen (secondary N) is 2. The number of hydrogen-bond acceptors (Lipinski definition) is 3. The number of benzene rings is 1. The van der Waals surface area contributed by atoms with Crippen molar-refractivity contribution < 1.29 is 9.59 Å². The van der Waals surface area contributed by atoms with Gasteiger partial charge in [-0.1, -0.05) is 29.8 Å². The molecule has 0 saturated heterocycles. The predicted octanol–water partition coefficient (Wildman–Crippen LogP) is 2.35. The van der Waals surface area contributed by atoms with Crippen LogP contribution in [0.4, 0.5) is 0 Å². The number of hydrogen-bond donors (Lipinski definition) is 2. The molecule has 0 bridgehead atoms. The summed E-state index contributed by atoms with van der Waals surface area (Å²) in [5.74, 6) is -0.0114. The summed E-state index contributed by atoms with van der Waals surface area (Å²) in [4.78, 5) is 29.6. The summed E-state index contributed by atoms with van der Waals surface area (Å²) in [6.07, 6.45) is 4.90. The lowest BCUT2D eigenvalue weighted by Gasteiger charge is -2.17. The fourth-order valence-corrected chi connectivity index (χ4v) is 3.35. The molecule has 26 heavy (non-hydrogen) atoms. The second-order valence-corrected chi connectivity index (χ2v) is 7.26. The smallest absolute Gasteiger partial charge is 0.287 e. The molecule has 0 radical (unpaired) electrons. The molecule has 1 fully saturated rings. The Morgan fingerprint density at radius 3 is 2.65 bits per heavy atom. The third-order valence-electron chi connectivity index (χ3n) is 5.02. The van der Waals surface area contributed by atoms with Gasteiger partial charge in [0.2, 0.25) is 0 Å². The highest BCUT2D eigenvalue weighted by molar-refractivity contribution is 5.97. The van der Waals surface area contributed by atoms with E-state index in [-0.39, 0.29) is 17.9 Å². The third-order valence-corrected chi connectivity index (χ3v) is 5.02. The summed E-state index contributed by atoms with van der Waals surface area (Å²) in [5.41, 5.74) is 3.56. The van der Waals surface area contributed by atoms with Gasteiger partial charge in [-0.3, -0.25) is 9.59 Å². The molecule has 0 spiro atoms. The molecule has 0 atom stereocenters. The lowest BCUT2D eigenvalue weighted by Crippen LogP contribution is -2.27. The number of fused-ring (bicyclic) bond motifs is 1. The zero-order chi connectivity index (χ0) is 18.1. The van der Waals surface area contributed by atoms with Crippen LogP contribution >= 0.6 is 0 Å². The lowest BCUT2D eigenvalue weighted by atomic mass is 10.1. The van der Waals surface area contributed by atoms with Crippen molar-refractivity contribution in [2.45, 2.75) is 58.2 Å². The van der Waals surface area contributed by atoms with Crippen LogP contribution in [0.5, 0.6) is 0 Å². The van der Waals surface area contributed by atoms with E-state index in [0.29, 0.717) is 18.1 Å². The summed E-state index contributed by atoms with van der Waals surface area (Å²) in [5, 5.41) is 5.93. The first kappa shape index (κ1) is 16.8. The van der Waals surface area contributed by atoms with Crippen LogP contribution in [0, 0.1) is 6.92 Å². The van der Waals surface area contributed by atoms with Gasteiger partial charge in [-0.15, -0.1) is 0 Å². The number of aryl methyl sites for hydroxylation is 1. The Kier molecular flexibility index (Phi) is 4.49. The van der Waals surface area contributed by atoms with Crippen molar-refractivity contribution in [3.63, 3.8) is 0 Å². The van der Waals surface area contributed by atoms with Gasteiger partial charge in [-0.2, -0.15) is 0 Å². The average molecular weight is 352 g/mol. The van der Waals surface area contributed by atoms with E-state index in [1.807, 2.05) is 35.8 Å². The summed E-state index contributed by atoms with van der Waals surface area (Å²) in [6, 6.07) is 8.34. The Morgan fingerprint density at radius 1 is 1.15 bits per heavy atom. The van der Waals surface area contributed by atoms with Crippen molar-refractivity contribution >= 4 is 11.8 Å². The lowest BCUT2D eigenvalue weighted by molar-refractivity contribution is 0.0935. The molecule has 1 saturated carbocycles. The maximum absolute atomic E-state index is 12.7. The van der Waals surface area contributed by atoms with Gasteiger partial charge in [0.1, 0.15) is 5.69 Å². The molecule has 2 heterocycles. The summed E-state index contributed by atoms with van der Waals surface area (Å²) in [6.45, 7) is 3.23. The van der Waals surface area contributed by atoms with Crippen molar-refractivity contribution in [3.8, 4) is 0 Å². The van der Waals surface area contributed by atoms with E-state index in [1.165, 1.54) is 5.56 Å². The minimum absolute atomic E-state index is 0.143. The molecular weight excluding hydrogens is 328 g/mol. The summed E-state index contributed by atoms with van der Waals surface area (Å²) >= 11 is 0. The zero-order valence-electron chi connectivity index (χ0n) is 15.0. The molecule has 6 nitrogen and oxygen atoms in total. The largest absolute Gasteiger partial charge is 0.348 e. The average Bonchev–Trinajstić information content (AvgIpc) is 3.38. The Labute approximate surface area is 153 Å². The van der Waals surface area contributed by atoms with Gasteiger partial charge < -0.3 is 15.2 Å². The van der Waals surface area contributed by atoms with E-state index < -0.39 is 0 Å². The molecular formula is C20H24N4O2. The van der Waals surface area contributed by atoms with E-state index in [9.17, 15) is 9.59 Å². The number of amides is 2. The molecule has 2 amide bonds. The molecule has 4 rings (SSSR count). The van der Waals surface area contributed by atoms with E-state index in [4.69, 9.17) is 0 Å². The number of rotatable bonds is 5. The van der Waals surface area contributed by atoms with Crippen LogP contribution in [0.2, 0.25) is 0 Å². The number of nitrogens with zero attached hydrogens (tertiary/aromatic N) is 2. The van der Waals surface area contributed by atoms with E-state index in [1.54, 1.807) is 0 Å². The first-order valence-electron chi connectivity index (χ1n) is 9.36.